The summed E-state index contributed by atoms with van der Waals surface area (Å²) in [6.45, 7) is 4.53. The maximum atomic E-state index is 12.1. The van der Waals surface area contributed by atoms with E-state index in [-0.39, 0.29) is 12.1 Å². The molecule has 104 valence electrons. The molecular formula is C15H20BrNO2. The van der Waals surface area contributed by atoms with Crippen LogP contribution in [0.1, 0.15) is 49.9 Å². The van der Waals surface area contributed by atoms with E-state index >= 15 is 0 Å². The van der Waals surface area contributed by atoms with Crippen LogP contribution in [0.5, 0.6) is 0 Å². The highest BCUT2D eigenvalue weighted by Gasteiger charge is 2.29. The second-order valence-electron chi connectivity index (χ2n) is 6.01. The summed E-state index contributed by atoms with van der Waals surface area (Å²) in [4.78, 5) is 12.1. The lowest BCUT2D eigenvalue weighted by Gasteiger charge is -2.33. The molecular weight excluding hydrogens is 306 g/mol. The molecule has 1 aromatic rings. The number of carbonyl (C=O) groups excluding carboxylic acids is 1. The van der Waals surface area contributed by atoms with Crippen LogP contribution in [0.15, 0.2) is 22.7 Å². The fourth-order valence-corrected chi connectivity index (χ4v) is 2.81. The van der Waals surface area contributed by atoms with Crippen molar-refractivity contribution in [3.63, 3.8) is 0 Å². The Hall–Kier alpha value is -1.03. The van der Waals surface area contributed by atoms with E-state index in [0.717, 1.165) is 30.2 Å². The van der Waals surface area contributed by atoms with Crippen molar-refractivity contribution in [1.82, 2.24) is 0 Å². The molecule has 1 aliphatic rings. The zero-order valence-corrected chi connectivity index (χ0v) is 13.0. The van der Waals surface area contributed by atoms with E-state index in [2.05, 4.69) is 29.8 Å². The van der Waals surface area contributed by atoms with Gasteiger partial charge in [-0.2, -0.15) is 0 Å². The van der Waals surface area contributed by atoms with Crippen LogP contribution in [0.4, 0.5) is 5.69 Å². The molecule has 1 aliphatic carbocycles. The summed E-state index contributed by atoms with van der Waals surface area (Å²) in [6, 6.07) is 5.18. The molecule has 4 heteroatoms. The summed E-state index contributed by atoms with van der Waals surface area (Å²) in [5, 5.41) is 0. The molecule has 0 unspecified atom stereocenters. The average molecular weight is 326 g/mol. The van der Waals surface area contributed by atoms with E-state index < -0.39 is 0 Å². The molecule has 0 atom stereocenters. The van der Waals surface area contributed by atoms with Crippen molar-refractivity contribution < 1.29 is 9.53 Å². The summed E-state index contributed by atoms with van der Waals surface area (Å²) < 4.78 is 6.31. The van der Waals surface area contributed by atoms with Crippen LogP contribution in [-0.2, 0) is 4.74 Å². The van der Waals surface area contributed by atoms with Crippen LogP contribution in [0.25, 0.3) is 0 Å². The lowest BCUT2D eigenvalue weighted by Crippen LogP contribution is -2.28. The highest BCUT2D eigenvalue weighted by molar-refractivity contribution is 9.10. The summed E-state index contributed by atoms with van der Waals surface area (Å²) in [6.07, 6.45) is 4.12. The number of nitrogens with two attached hydrogens (primary N) is 1. The van der Waals surface area contributed by atoms with Crippen molar-refractivity contribution in [3.05, 3.63) is 28.2 Å². The Morgan fingerprint density at radius 1 is 1.37 bits per heavy atom. The smallest absolute Gasteiger partial charge is 0.339 e. The number of hydrogen-bond acceptors (Lipinski definition) is 3. The lowest BCUT2D eigenvalue weighted by atomic mass is 9.76. The molecule has 2 rings (SSSR count). The van der Waals surface area contributed by atoms with E-state index in [1.807, 2.05) is 0 Å². The number of halogens is 1. The number of carbonyl (C=O) groups is 1. The van der Waals surface area contributed by atoms with E-state index in [0.29, 0.717) is 16.7 Å². The normalized spacial score (nSPS) is 19.1. The third kappa shape index (κ3) is 3.72. The Morgan fingerprint density at radius 3 is 2.63 bits per heavy atom. The largest absolute Gasteiger partial charge is 0.459 e. The molecule has 3 nitrogen and oxygen atoms in total. The molecule has 2 N–H and O–H groups in total. The monoisotopic (exact) mass is 325 g/mol. The third-order valence-electron chi connectivity index (χ3n) is 3.77. The van der Waals surface area contributed by atoms with Crippen molar-refractivity contribution >= 4 is 27.6 Å². The second-order valence-corrected chi connectivity index (χ2v) is 6.86. The molecule has 1 fully saturated rings. The van der Waals surface area contributed by atoms with E-state index in [1.165, 1.54) is 0 Å². The topological polar surface area (TPSA) is 52.3 Å². The minimum atomic E-state index is -0.288. The summed E-state index contributed by atoms with van der Waals surface area (Å²) in [5.74, 6) is -0.288. The van der Waals surface area contributed by atoms with Gasteiger partial charge in [-0.05, 0) is 65.2 Å². The molecule has 0 spiro atoms. The van der Waals surface area contributed by atoms with Crippen LogP contribution < -0.4 is 5.73 Å². The van der Waals surface area contributed by atoms with Gasteiger partial charge in [0.2, 0.25) is 0 Å². The number of anilines is 1. The van der Waals surface area contributed by atoms with E-state index in [1.54, 1.807) is 18.2 Å². The fraction of sp³-hybridized carbons (Fsp3) is 0.533. The van der Waals surface area contributed by atoms with Gasteiger partial charge in [0.05, 0.1) is 5.56 Å². The molecule has 1 saturated carbocycles. The van der Waals surface area contributed by atoms with Gasteiger partial charge in [0, 0.05) is 10.2 Å². The fourth-order valence-electron chi connectivity index (χ4n) is 2.40. The number of rotatable bonds is 2. The zero-order chi connectivity index (χ0) is 14.0. The van der Waals surface area contributed by atoms with Crippen molar-refractivity contribution in [2.45, 2.75) is 45.6 Å². The first-order chi connectivity index (χ1) is 8.87. The summed E-state index contributed by atoms with van der Waals surface area (Å²) in [5.41, 5.74) is 7.15. The van der Waals surface area contributed by atoms with Gasteiger partial charge < -0.3 is 10.5 Å². The van der Waals surface area contributed by atoms with Crippen molar-refractivity contribution in [1.29, 1.82) is 0 Å². The van der Waals surface area contributed by atoms with Crippen LogP contribution in [0.3, 0.4) is 0 Å². The minimum Gasteiger partial charge on any atom is -0.459 e. The Labute approximate surface area is 122 Å². The van der Waals surface area contributed by atoms with Gasteiger partial charge in [0.25, 0.3) is 0 Å². The third-order valence-corrected chi connectivity index (χ3v) is 4.46. The summed E-state index contributed by atoms with van der Waals surface area (Å²) >= 11 is 3.36. The van der Waals surface area contributed by atoms with Gasteiger partial charge in [-0.15, -0.1) is 0 Å². The molecule has 0 amide bonds. The Kier molecular flexibility index (Phi) is 4.19. The van der Waals surface area contributed by atoms with Crippen LogP contribution in [0, 0.1) is 5.41 Å². The van der Waals surface area contributed by atoms with Crippen LogP contribution in [-0.4, -0.2) is 12.1 Å². The number of benzene rings is 1. The van der Waals surface area contributed by atoms with Gasteiger partial charge in [-0.1, -0.05) is 13.8 Å². The Morgan fingerprint density at radius 2 is 2.00 bits per heavy atom. The molecule has 19 heavy (non-hydrogen) atoms. The highest BCUT2D eigenvalue weighted by Crippen LogP contribution is 2.36. The predicted molar refractivity (Wildman–Crippen MR) is 80.0 cm³/mol. The van der Waals surface area contributed by atoms with Gasteiger partial charge in [-0.3, -0.25) is 0 Å². The number of ether oxygens (including phenoxy) is 1. The van der Waals surface area contributed by atoms with Crippen LogP contribution >= 0.6 is 15.9 Å². The molecule has 0 radical (unpaired) electrons. The highest BCUT2D eigenvalue weighted by atomic mass is 79.9. The standard InChI is InChI=1S/C15H20BrNO2/c1-15(2)7-5-11(6-8-15)19-14(18)12-9-10(17)3-4-13(12)16/h3-4,9,11H,5-8,17H2,1-2H3. The Bertz CT molecular complexity index is 475. The Balaban J connectivity index is 2.00. The first kappa shape index (κ1) is 14.4. The molecule has 1 aromatic carbocycles. The lowest BCUT2D eigenvalue weighted by molar-refractivity contribution is 0.00942. The van der Waals surface area contributed by atoms with Gasteiger partial charge in [0.15, 0.2) is 0 Å². The molecule has 0 heterocycles. The second kappa shape index (κ2) is 5.53. The van der Waals surface area contributed by atoms with Crippen molar-refractivity contribution in [3.8, 4) is 0 Å². The zero-order valence-electron chi connectivity index (χ0n) is 11.4. The SMILES string of the molecule is CC1(C)CCC(OC(=O)c2cc(N)ccc2Br)CC1. The average Bonchev–Trinajstić information content (AvgIpc) is 2.35. The van der Waals surface area contributed by atoms with Gasteiger partial charge in [-0.25, -0.2) is 4.79 Å². The first-order valence-electron chi connectivity index (χ1n) is 6.63. The first-order valence-corrected chi connectivity index (χ1v) is 7.43. The molecule has 0 saturated heterocycles. The van der Waals surface area contributed by atoms with Crippen molar-refractivity contribution in [2.24, 2.45) is 5.41 Å². The van der Waals surface area contributed by atoms with E-state index in [4.69, 9.17) is 10.5 Å². The maximum Gasteiger partial charge on any atom is 0.339 e. The van der Waals surface area contributed by atoms with Crippen LogP contribution in [0.2, 0.25) is 0 Å². The van der Waals surface area contributed by atoms with Gasteiger partial charge >= 0.3 is 5.97 Å². The quantitative estimate of drug-likeness (QED) is 0.656. The molecule has 0 bridgehead atoms. The number of esters is 1. The number of hydrogen-bond donors (Lipinski definition) is 1. The maximum absolute atomic E-state index is 12.1. The molecule has 0 aromatic heterocycles. The predicted octanol–water partition coefficient (Wildman–Crippen LogP) is 4.16. The van der Waals surface area contributed by atoms with Gasteiger partial charge in [0.1, 0.15) is 6.10 Å². The van der Waals surface area contributed by atoms with Crippen molar-refractivity contribution in [2.75, 3.05) is 5.73 Å². The van der Waals surface area contributed by atoms with E-state index in [9.17, 15) is 4.79 Å². The minimum absolute atomic E-state index is 0.0360. The molecule has 0 aliphatic heterocycles. The number of nitrogen functional groups attached to an aromatic ring is 1. The summed E-state index contributed by atoms with van der Waals surface area (Å²) in [7, 11) is 0.